The number of amides is 1. The largest absolute Gasteiger partial charge is 0.306 e. The minimum Gasteiger partial charge on any atom is -0.306 e. The van der Waals surface area contributed by atoms with Crippen LogP contribution in [0.5, 0.6) is 0 Å². The van der Waals surface area contributed by atoms with E-state index < -0.39 is 0 Å². The van der Waals surface area contributed by atoms with E-state index in [0.29, 0.717) is 11.4 Å². The highest BCUT2D eigenvalue weighted by molar-refractivity contribution is 6.03. The number of H-pyrrole nitrogens is 1. The maximum atomic E-state index is 11.5. The number of pyridine rings is 1. The number of aromatic nitrogens is 3. The van der Waals surface area contributed by atoms with Crippen LogP contribution in [0.15, 0.2) is 36.8 Å². The number of carbonyl (C=O) groups is 1. The van der Waals surface area contributed by atoms with Gasteiger partial charge in [0, 0.05) is 12.4 Å². The van der Waals surface area contributed by atoms with Crippen LogP contribution in [0.1, 0.15) is 10.4 Å². The Labute approximate surface area is 80.2 Å². The van der Waals surface area contributed by atoms with Gasteiger partial charge < -0.3 is 5.32 Å². The fourth-order valence-corrected chi connectivity index (χ4v) is 1.00. The van der Waals surface area contributed by atoms with Crippen LogP contribution in [-0.2, 0) is 0 Å². The first-order valence-electron chi connectivity index (χ1n) is 4.07. The lowest BCUT2D eigenvalue weighted by atomic mass is 10.3. The molecular weight excluding hydrogens is 180 g/mol. The average Bonchev–Trinajstić information content (AvgIpc) is 2.72. The van der Waals surface area contributed by atoms with E-state index in [0.717, 1.165) is 0 Å². The Morgan fingerprint density at radius 1 is 1.43 bits per heavy atom. The molecule has 0 unspecified atom stereocenters. The molecule has 2 heterocycles. The lowest BCUT2D eigenvalue weighted by Crippen LogP contribution is -2.11. The lowest BCUT2D eigenvalue weighted by molar-refractivity contribution is 0.102. The summed E-state index contributed by atoms with van der Waals surface area (Å²) >= 11 is 0. The zero-order valence-corrected chi connectivity index (χ0v) is 7.27. The number of nitrogens with zero attached hydrogens (tertiary/aromatic N) is 2. The van der Waals surface area contributed by atoms with Crippen molar-refractivity contribution in [1.82, 2.24) is 15.2 Å². The van der Waals surface area contributed by atoms with Crippen LogP contribution in [-0.4, -0.2) is 21.1 Å². The normalized spacial score (nSPS) is 9.71. The Balaban J connectivity index is 2.10. The molecule has 2 rings (SSSR count). The summed E-state index contributed by atoms with van der Waals surface area (Å²) in [7, 11) is 0. The van der Waals surface area contributed by atoms with E-state index in [2.05, 4.69) is 20.5 Å². The van der Waals surface area contributed by atoms with E-state index in [-0.39, 0.29) is 5.91 Å². The number of hydrogen-bond donors (Lipinski definition) is 2. The van der Waals surface area contributed by atoms with Crippen molar-refractivity contribution in [3.8, 4) is 0 Å². The third-order valence-corrected chi connectivity index (χ3v) is 1.67. The van der Waals surface area contributed by atoms with Gasteiger partial charge >= 0.3 is 0 Å². The summed E-state index contributed by atoms with van der Waals surface area (Å²) in [6, 6.07) is 5.31. The van der Waals surface area contributed by atoms with Crippen molar-refractivity contribution in [1.29, 1.82) is 0 Å². The second-order valence-corrected chi connectivity index (χ2v) is 2.66. The maximum absolute atomic E-state index is 11.5. The van der Waals surface area contributed by atoms with Gasteiger partial charge in [-0.2, -0.15) is 5.10 Å². The SMILES string of the molecule is O=C(Nc1ccccn1)c1cn[nH]c1. The van der Waals surface area contributed by atoms with Crippen molar-refractivity contribution in [2.45, 2.75) is 0 Å². The van der Waals surface area contributed by atoms with Crippen molar-refractivity contribution in [2.24, 2.45) is 0 Å². The third kappa shape index (κ3) is 1.77. The Bertz CT molecular complexity index is 410. The van der Waals surface area contributed by atoms with Gasteiger partial charge in [0.05, 0.1) is 11.8 Å². The molecule has 0 saturated heterocycles. The van der Waals surface area contributed by atoms with Gasteiger partial charge in [-0.25, -0.2) is 4.98 Å². The van der Waals surface area contributed by atoms with Crippen LogP contribution in [0.3, 0.4) is 0 Å². The smallest absolute Gasteiger partial charge is 0.259 e. The van der Waals surface area contributed by atoms with Gasteiger partial charge in [0.1, 0.15) is 5.82 Å². The fraction of sp³-hybridized carbons (Fsp3) is 0. The summed E-state index contributed by atoms with van der Waals surface area (Å²) in [6.45, 7) is 0. The molecule has 0 fully saturated rings. The Morgan fingerprint density at radius 3 is 3.00 bits per heavy atom. The molecule has 2 aromatic rings. The van der Waals surface area contributed by atoms with E-state index in [1.807, 2.05) is 0 Å². The first-order valence-corrected chi connectivity index (χ1v) is 4.07. The van der Waals surface area contributed by atoms with Crippen LogP contribution in [0.4, 0.5) is 5.82 Å². The maximum Gasteiger partial charge on any atom is 0.259 e. The predicted octanol–water partition coefficient (Wildman–Crippen LogP) is 1.06. The number of carbonyl (C=O) groups excluding carboxylic acids is 1. The number of nitrogens with one attached hydrogen (secondary N) is 2. The minimum absolute atomic E-state index is 0.225. The summed E-state index contributed by atoms with van der Waals surface area (Å²) in [5, 5.41) is 8.88. The fourth-order valence-electron chi connectivity index (χ4n) is 1.00. The molecule has 14 heavy (non-hydrogen) atoms. The molecule has 2 N–H and O–H groups in total. The van der Waals surface area contributed by atoms with E-state index in [1.54, 1.807) is 24.4 Å². The van der Waals surface area contributed by atoms with E-state index >= 15 is 0 Å². The van der Waals surface area contributed by atoms with Gasteiger partial charge in [0.2, 0.25) is 0 Å². The monoisotopic (exact) mass is 188 g/mol. The molecule has 2 aromatic heterocycles. The average molecular weight is 188 g/mol. The van der Waals surface area contributed by atoms with Crippen LogP contribution in [0, 0.1) is 0 Å². The van der Waals surface area contributed by atoms with Gasteiger partial charge in [-0.1, -0.05) is 6.07 Å². The lowest BCUT2D eigenvalue weighted by Gasteiger charge is -2.00. The predicted molar refractivity (Wildman–Crippen MR) is 50.8 cm³/mol. The quantitative estimate of drug-likeness (QED) is 0.740. The van der Waals surface area contributed by atoms with Crippen molar-refractivity contribution < 1.29 is 4.79 Å². The van der Waals surface area contributed by atoms with E-state index in [9.17, 15) is 4.79 Å². The minimum atomic E-state index is -0.225. The zero-order valence-electron chi connectivity index (χ0n) is 7.27. The van der Waals surface area contributed by atoms with Gasteiger partial charge in [-0.05, 0) is 12.1 Å². The van der Waals surface area contributed by atoms with E-state index in [4.69, 9.17) is 0 Å². The summed E-state index contributed by atoms with van der Waals surface area (Å²) < 4.78 is 0. The van der Waals surface area contributed by atoms with Crippen LogP contribution < -0.4 is 5.32 Å². The molecule has 0 atom stereocenters. The van der Waals surface area contributed by atoms with Crippen molar-refractivity contribution >= 4 is 11.7 Å². The molecule has 0 spiro atoms. The topological polar surface area (TPSA) is 70.7 Å². The molecule has 0 aliphatic heterocycles. The second kappa shape index (κ2) is 3.69. The molecule has 0 saturated carbocycles. The molecular formula is C9H8N4O. The van der Waals surface area contributed by atoms with Gasteiger partial charge in [-0.3, -0.25) is 9.89 Å². The van der Waals surface area contributed by atoms with Crippen LogP contribution in [0.25, 0.3) is 0 Å². The summed E-state index contributed by atoms with van der Waals surface area (Å²) in [5.74, 6) is 0.302. The molecule has 70 valence electrons. The van der Waals surface area contributed by atoms with Gasteiger partial charge in [-0.15, -0.1) is 0 Å². The van der Waals surface area contributed by atoms with Crippen molar-refractivity contribution in [3.05, 3.63) is 42.4 Å². The first kappa shape index (κ1) is 8.43. The third-order valence-electron chi connectivity index (χ3n) is 1.67. The highest BCUT2D eigenvalue weighted by Gasteiger charge is 2.06. The number of aromatic amines is 1. The van der Waals surface area contributed by atoms with Crippen molar-refractivity contribution in [2.75, 3.05) is 5.32 Å². The van der Waals surface area contributed by atoms with Crippen LogP contribution in [0.2, 0.25) is 0 Å². The van der Waals surface area contributed by atoms with Gasteiger partial charge in [0.15, 0.2) is 0 Å². The van der Waals surface area contributed by atoms with E-state index in [1.165, 1.54) is 12.4 Å². The van der Waals surface area contributed by atoms with Gasteiger partial charge in [0.25, 0.3) is 5.91 Å². The summed E-state index contributed by atoms with van der Waals surface area (Å²) in [5.41, 5.74) is 0.482. The molecule has 0 aliphatic carbocycles. The molecule has 0 aliphatic rings. The second-order valence-electron chi connectivity index (χ2n) is 2.66. The Morgan fingerprint density at radius 2 is 2.36 bits per heavy atom. The molecule has 1 amide bonds. The summed E-state index contributed by atoms with van der Waals surface area (Å²) in [4.78, 5) is 15.4. The number of hydrogen-bond acceptors (Lipinski definition) is 3. The molecule has 0 bridgehead atoms. The molecule has 5 nitrogen and oxygen atoms in total. The molecule has 5 heteroatoms. The van der Waals surface area contributed by atoms with Crippen molar-refractivity contribution in [3.63, 3.8) is 0 Å². The standard InChI is InChI=1S/C9H8N4O/c14-9(7-5-11-12-6-7)13-8-3-1-2-4-10-8/h1-6H,(H,11,12)(H,10,13,14). The first-order chi connectivity index (χ1) is 6.86. The molecule has 0 radical (unpaired) electrons. The number of anilines is 1. The highest BCUT2D eigenvalue weighted by Crippen LogP contribution is 2.03. The number of rotatable bonds is 2. The molecule has 0 aromatic carbocycles. The zero-order chi connectivity index (χ0) is 9.80. The highest BCUT2D eigenvalue weighted by atomic mass is 16.1. The Hall–Kier alpha value is -2.17. The summed E-state index contributed by atoms with van der Waals surface area (Å²) in [6.07, 6.45) is 4.60. The van der Waals surface area contributed by atoms with Crippen LogP contribution >= 0.6 is 0 Å². The Kier molecular flexibility index (Phi) is 2.22.